The summed E-state index contributed by atoms with van der Waals surface area (Å²) < 4.78 is 0. The molecule has 0 aliphatic carbocycles. The molecule has 0 radical (unpaired) electrons. The van der Waals surface area contributed by atoms with Gasteiger partial charge in [0, 0.05) is 17.7 Å². The maximum atomic E-state index is 12.6. The molecule has 3 N–H and O–H groups in total. The first-order chi connectivity index (χ1) is 10.5. The van der Waals surface area contributed by atoms with Gasteiger partial charge in [0.25, 0.3) is 5.91 Å². The van der Waals surface area contributed by atoms with E-state index in [2.05, 4.69) is 35.0 Å². The Hall–Kier alpha value is -2.32. The van der Waals surface area contributed by atoms with Crippen molar-refractivity contribution in [1.82, 2.24) is 15.0 Å². The van der Waals surface area contributed by atoms with Crippen molar-refractivity contribution < 1.29 is 14.4 Å². The van der Waals surface area contributed by atoms with E-state index in [0.29, 0.717) is 28.9 Å². The van der Waals surface area contributed by atoms with Gasteiger partial charge < -0.3 is 5.43 Å². The van der Waals surface area contributed by atoms with E-state index in [0.717, 1.165) is 0 Å². The number of rotatable bonds is 3. The first-order valence-corrected chi connectivity index (χ1v) is 7.13. The molecule has 7 nitrogen and oxygen atoms in total. The van der Waals surface area contributed by atoms with Crippen molar-refractivity contribution in [3.8, 4) is 0 Å². The van der Waals surface area contributed by atoms with Gasteiger partial charge in [-0.15, -0.1) is 0 Å². The van der Waals surface area contributed by atoms with Gasteiger partial charge in [-0.3, -0.25) is 24.6 Å². The van der Waals surface area contributed by atoms with Crippen molar-refractivity contribution in [2.75, 3.05) is 5.43 Å². The fraction of sp³-hybridized carbons (Fsp3) is 0.214. The lowest BCUT2D eigenvalue weighted by Crippen LogP contribution is -2.52. The zero-order valence-electron chi connectivity index (χ0n) is 11.5. The minimum atomic E-state index is -0.704. The summed E-state index contributed by atoms with van der Waals surface area (Å²) in [5.74, 6) is -1.08. The molecule has 0 spiro atoms. The molecule has 1 fully saturated rings. The number of thiol groups is 1. The normalized spacial score (nSPS) is 21.0. The molecule has 0 bridgehead atoms. The van der Waals surface area contributed by atoms with E-state index in [-0.39, 0.29) is 18.2 Å². The largest absolute Gasteiger partial charge is 0.312 e. The quantitative estimate of drug-likeness (QED) is 0.374. The third-order valence-electron chi connectivity index (χ3n) is 3.79. The second kappa shape index (κ2) is 5.47. The molecule has 3 amide bonds. The monoisotopic (exact) mass is 318 g/mol. The lowest BCUT2D eigenvalue weighted by atomic mass is 10.0. The molecule has 2 aliphatic rings. The molecular formula is C14H14N4O3S. The smallest absolute Gasteiger partial charge is 0.259 e. The Labute approximate surface area is 132 Å². The summed E-state index contributed by atoms with van der Waals surface area (Å²) in [6.45, 7) is 3.92. The summed E-state index contributed by atoms with van der Waals surface area (Å²) >= 11 is 3.84. The van der Waals surface area contributed by atoms with E-state index in [9.17, 15) is 14.4 Å². The molecule has 0 aromatic heterocycles. The molecular weight excluding hydrogens is 304 g/mol. The molecule has 1 aromatic carbocycles. The van der Waals surface area contributed by atoms with E-state index < -0.39 is 11.9 Å². The minimum Gasteiger partial charge on any atom is -0.312 e. The van der Waals surface area contributed by atoms with Crippen LogP contribution in [0.15, 0.2) is 24.8 Å². The Balaban J connectivity index is 1.93. The summed E-state index contributed by atoms with van der Waals surface area (Å²) in [7, 11) is 0. The minimum absolute atomic E-state index is 0.209. The van der Waals surface area contributed by atoms with Crippen molar-refractivity contribution in [2.24, 2.45) is 0 Å². The van der Waals surface area contributed by atoms with Gasteiger partial charge >= 0.3 is 0 Å². The van der Waals surface area contributed by atoms with E-state index in [1.165, 1.54) is 4.90 Å². The van der Waals surface area contributed by atoms with Crippen LogP contribution in [0, 0.1) is 0 Å². The van der Waals surface area contributed by atoms with Crippen LogP contribution in [0.4, 0.5) is 5.69 Å². The molecule has 2 aliphatic heterocycles. The first kappa shape index (κ1) is 14.6. The SMILES string of the molecule is C=C1c2ccc(NNS)cc2C(=O)N1C1CCC(=O)NC1=O. The highest BCUT2D eigenvalue weighted by molar-refractivity contribution is 7.78. The number of nitrogens with zero attached hydrogens (tertiary/aromatic N) is 1. The van der Waals surface area contributed by atoms with Crippen LogP contribution in [-0.4, -0.2) is 28.7 Å². The number of hydrazine groups is 1. The second-order valence-corrected chi connectivity index (χ2v) is 5.31. The van der Waals surface area contributed by atoms with E-state index in [1.807, 2.05) is 0 Å². The van der Waals surface area contributed by atoms with Crippen LogP contribution < -0.4 is 15.6 Å². The van der Waals surface area contributed by atoms with Crippen molar-refractivity contribution in [1.29, 1.82) is 0 Å². The fourth-order valence-electron chi connectivity index (χ4n) is 2.76. The van der Waals surface area contributed by atoms with Gasteiger partial charge in [0.1, 0.15) is 6.04 Å². The third kappa shape index (κ3) is 2.26. The number of piperidine rings is 1. The van der Waals surface area contributed by atoms with Gasteiger partial charge in [0.05, 0.1) is 11.3 Å². The number of imide groups is 1. The first-order valence-electron chi connectivity index (χ1n) is 6.68. The number of carbonyl (C=O) groups is 3. The van der Waals surface area contributed by atoms with Crippen LogP contribution in [0.25, 0.3) is 5.70 Å². The molecule has 0 saturated carbocycles. The molecule has 1 unspecified atom stereocenters. The van der Waals surface area contributed by atoms with Crippen molar-refractivity contribution >= 4 is 41.9 Å². The molecule has 22 heavy (non-hydrogen) atoms. The van der Waals surface area contributed by atoms with Crippen LogP contribution in [0.5, 0.6) is 0 Å². The van der Waals surface area contributed by atoms with Gasteiger partial charge in [-0.25, -0.2) is 0 Å². The number of fused-ring (bicyclic) bond motifs is 1. The lowest BCUT2D eigenvalue weighted by Gasteiger charge is -2.30. The molecule has 8 heteroatoms. The summed E-state index contributed by atoms with van der Waals surface area (Å²) in [5.41, 5.74) is 5.05. The average Bonchev–Trinajstić information content (AvgIpc) is 2.72. The maximum absolute atomic E-state index is 12.6. The van der Waals surface area contributed by atoms with Gasteiger partial charge in [-0.2, -0.15) is 4.83 Å². The van der Waals surface area contributed by atoms with E-state index in [4.69, 9.17) is 0 Å². The fourth-order valence-corrected chi connectivity index (χ4v) is 2.88. The maximum Gasteiger partial charge on any atom is 0.259 e. The molecule has 1 atom stereocenters. The molecule has 2 heterocycles. The van der Waals surface area contributed by atoms with E-state index in [1.54, 1.807) is 18.2 Å². The predicted octanol–water partition coefficient (Wildman–Crippen LogP) is 0.680. The standard InChI is InChI=1S/C14H14N4O3S/c1-7-9-3-2-8(16-17-22)6-10(9)14(21)18(7)11-4-5-12(19)15-13(11)20/h2-3,6,11,16-17,22H,1,4-5H2,(H,15,19,20). The van der Waals surface area contributed by atoms with Crippen LogP contribution in [0.3, 0.4) is 0 Å². The summed E-state index contributed by atoms with van der Waals surface area (Å²) in [6.07, 6.45) is 0.507. The number of anilines is 1. The van der Waals surface area contributed by atoms with Gasteiger partial charge in [0.2, 0.25) is 11.8 Å². The Morgan fingerprint density at radius 3 is 2.73 bits per heavy atom. The predicted molar refractivity (Wildman–Crippen MR) is 83.6 cm³/mol. The molecule has 3 rings (SSSR count). The van der Waals surface area contributed by atoms with Crippen LogP contribution in [0.2, 0.25) is 0 Å². The van der Waals surface area contributed by atoms with Crippen molar-refractivity contribution in [3.63, 3.8) is 0 Å². The van der Waals surface area contributed by atoms with Crippen LogP contribution >= 0.6 is 12.8 Å². The number of nitrogens with one attached hydrogen (secondary N) is 3. The van der Waals surface area contributed by atoms with Crippen LogP contribution in [0.1, 0.15) is 28.8 Å². The number of hydrogen-bond donors (Lipinski definition) is 4. The van der Waals surface area contributed by atoms with Crippen molar-refractivity contribution in [2.45, 2.75) is 18.9 Å². The number of carbonyl (C=O) groups excluding carboxylic acids is 3. The number of hydrogen-bond acceptors (Lipinski definition) is 6. The summed E-state index contributed by atoms with van der Waals surface area (Å²) in [6, 6.07) is 4.49. The highest BCUT2D eigenvalue weighted by Gasteiger charge is 2.41. The summed E-state index contributed by atoms with van der Waals surface area (Å²) in [5, 5.41) is 2.26. The number of amides is 3. The zero-order valence-corrected chi connectivity index (χ0v) is 12.4. The third-order valence-corrected chi connectivity index (χ3v) is 3.90. The van der Waals surface area contributed by atoms with Crippen molar-refractivity contribution in [3.05, 3.63) is 35.9 Å². The zero-order chi connectivity index (χ0) is 15.9. The average molecular weight is 318 g/mol. The van der Waals surface area contributed by atoms with Gasteiger partial charge in [0.15, 0.2) is 0 Å². The Bertz CT molecular complexity index is 703. The Kier molecular flexibility index (Phi) is 3.63. The topological polar surface area (TPSA) is 90.5 Å². The highest BCUT2D eigenvalue weighted by Crippen LogP contribution is 2.36. The molecule has 1 saturated heterocycles. The van der Waals surface area contributed by atoms with Gasteiger partial charge in [-0.1, -0.05) is 19.4 Å². The lowest BCUT2D eigenvalue weighted by molar-refractivity contribution is -0.136. The van der Waals surface area contributed by atoms with Crippen LogP contribution in [-0.2, 0) is 9.59 Å². The molecule has 114 valence electrons. The molecule has 1 aromatic rings. The number of benzene rings is 1. The second-order valence-electron chi connectivity index (χ2n) is 5.09. The Morgan fingerprint density at radius 1 is 1.27 bits per heavy atom. The van der Waals surface area contributed by atoms with Gasteiger partial charge in [-0.05, 0) is 24.6 Å². The van der Waals surface area contributed by atoms with E-state index >= 15 is 0 Å². The highest BCUT2D eigenvalue weighted by atomic mass is 32.1. The summed E-state index contributed by atoms with van der Waals surface area (Å²) in [4.78, 5) is 39.7. The Morgan fingerprint density at radius 2 is 2.05 bits per heavy atom.